The van der Waals surface area contributed by atoms with Gasteiger partial charge in [-0.1, -0.05) is 23.7 Å². The number of hydrogen-bond donors (Lipinski definition) is 1. The first kappa shape index (κ1) is 16.2. The molecule has 24 heavy (non-hydrogen) atoms. The van der Waals surface area contributed by atoms with E-state index >= 15 is 0 Å². The van der Waals surface area contributed by atoms with Gasteiger partial charge < -0.3 is 5.32 Å². The summed E-state index contributed by atoms with van der Waals surface area (Å²) in [4.78, 5) is 12.4. The lowest BCUT2D eigenvalue weighted by atomic mass is 10.2. The smallest absolute Gasteiger partial charge is 0.259 e. The van der Waals surface area contributed by atoms with Crippen LogP contribution in [0, 0.1) is 19.7 Å². The maximum Gasteiger partial charge on any atom is 0.259 e. The molecule has 0 spiro atoms. The van der Waals surface area contributed by atoms with Crippen molar-refractivity contribution in [2.45, 2.75) is 13.8 Å². The van der Waals surface area contributed by atoms with Crippen LogP contribution < -0.4 is 5.32 Å². The molecule has 0 unspecified atom stereocenters. The first-order valence-corrected chi connectivity index (χ1v) is 7.71. The van der Waals surface area contributed by atoms with E-state index in [2.05, 4.69) is 10.4 Å². The first-order valence-electron chi connectivity index (χ1n) is 7.34. The fourth-order valence-corrected chi connectivity index (χ4v) is 2.55. The zero-order valence-corrected chi connectivity index (χ0v) is 13.9. The van der Waals surface area contributed by atoms with Gasteiger partial charge in [0.1, 0.15) is 5.82 Å². The molecule has 6 heteroatoms. The Kier molecular flexibility index (Phi) is 4.36. The normalized spacial score (nSPS) is 10.7. The van der Waals surface area contributed by atoms with Crippen LogP contribution in [0.15, 0.2) is 48.7 Å². The Morgan fingerprint density at radius 2 is 2.00 bits per heavy atom. The molecule has 2 aromatic carbocycles. The second kappa shape index (κ2) is 6.45. The molecule has 0 saturated heterocycles. The van der Waals surface area contributed by atoms with Gasteiger partial charge in [-0.2, -0.15) is 5.10 Å². The van der Waals surface area contributed by atoms with Gasteiger partial charge in [-0.15, -0.1) is 0 Å². The van der Waals surface area contributed by atoms with Crippen LogP contribution in [0.2, 0.25) is 5.02 Å². The van der Waals surface area contributed by atoms with Crippen molar-refractivity contribution < 1.29 is 9.18 Å². The molecular weight excluding hydrogens is 329 g/mol. The van der Waals surface area contributed by atoms with Crippen LogP contribution in [-0.4, -0.2) is 15.7 Å². The fourth-order valence-electron chi connectivity index (χ4n) is 2.37. The Morgan fingerprint density at radius 1 is 1.21 bits per heavy atom. The molecule has 0 aliphatic carbocycles. The highest BCUT2D eigenvalue weighted by Gasteiger charge is 2.16. The van der Waals surface area contributed by atoms with Crippen LogP contribution in [-0.2, 0) is 0 Å². The van der Waals surface area contributed by atoms with Crippen molar-refractivity contribution in [3.8, 4) is 5.69 Å². The summed E-state index contributed by atoms with van der Waals surface area (Å²) in [7, 11) is 0. The molecule has 4 nitrogen and oxygen atoms in total. The Labute approximate surface area is 143 Å². The van der Waals surface area contributed by atoms with Crippen molar-refractivity contribution in [2.75, 3.05) is 5.32 Å². The average Bonchev–Trinajstić information content (AvgIpc) is 2.93. The molecule has 3 rings (SSSR count). The van der Waals surface area contributed by atoms with Gasteiger partial charge in [0.15, 0.2) is 0 Å². The van der Waals surface area contributed by atoms with E-state index in [1.807, 2.05) is 12.1 Å². The van der Waals surface area contributed by atoms with E-state index in [9.17, 15) is 9.18 Å². The molecule has 0 bridgehead atoms. The van der Waals surface area contributed by atoms with Crippen molar-refractivity contribution in [1.82, 2.24) is 9.78 Å². The molecule has 1 heterocycles. The maximum atomic E-state index is 13.6. The molecule has 0 aliphatic heterocycles. The number of nitrogens with zero attached hydrogens (tertiary/aromatic N) is 2. The van der Waals surface area contributed by atoms with Gasteiger partial charge in [0.25, 0.3) is 5.91 Å². The number of hydrogen-bond acceptors (Lipinski definition) is 2. The van der Waals surface area contributed by atoms with Gasteiger partial charge in [-0.05, 0) is 49.7 Å². The molecule has 1 aromatic heterocycles. The van der Waals surface area contributed by atoms with Crippen molar-refractivity contribution in [1.29, 1.82) is 0 Å². The number of amides is 1. The number of halogens is 2. The number of benzene rings is 2. The van der Waals surface area contributed by atoms with E-state index in [0.29, 0.717) is 27.5 Å². The average molecular weight is 344 g/mol. The van der Waals surface area contributed by atoms with Gasteiger partial charge in [0, 0.05) is 10.7 Å². The highest BCUT2D eigenvalue weighted by molar-refractivity contribution is 6.30. The van der Waals surface area contributed by atoms with Crippen molar-refractivity contribution >= 4 is 23.2 Å². The highest BCUT2D eigenvalue weighted by atomic mass is 35.5. The molecule has 0 radical (unpaired) electrons. The van der Waals surface area contributed by atoms with E-state index < -0.39 is 0 Å². The van der Waals surface area contributed by atoms with Gasteiger partial charge in [-0.3, -0.25) is 4.79 Å². The number of carbonyl (C=O) groups excluding carboxylic acids is 1. The third-order valence-electron chi connectivity index (χ3n) is 3.74. The zero-order valence-electron chi connectivity index (χ0n) is 13.2. The quantitative estimate of drug-likeness (QED) is 0.759. The summed E-state index contributed by atoms with van der Waals surface area (Å²) in [5.41, 5.74) is 2.77. The molecule has 0 aliphatic rings. The van der Waals surface area contributed by atoms with E-state index in [-0.39, 0.29) is 11.7 Å². The third kappa shape index (κ3) is 3.16. The van der Waals surface area contributed by atoms with Crippen LogP contribution in [0.3, 0.4) is 0 Å². The van der Waals surface area contributed by atoms with E-state index in [1.165, 1.54) is 12.3 Å². The first-order chi connectivity index (χ1) is 11.5. The monoisotopic (exact) mass is 343 g/mol. The van der Waals surface area contributed by atoms with Crippen molar-refractivity contribution in [2.24, 2.45) is 0 Å². The van der Waals surface area contributed by atoms with Gasteiger partial charge in [0.05, 0.1) is 23.1 Å². The summed E-state index contributed by atoms with van der Waals surface area (Å²) in [6.07, 6.45) is 1.48. The largest absolute Gasteiger partial charge is 0.322 e. The minimum Gasteiger partial charge on any atom is -0.322 e. The standard InChI is InChI=1S/C18H15ClFN3O/c1-11-6-7-14(9-17(11)20)22-18(24)16-10-21-23(12(16)2)15-5-3-4-13(19)8-15/h3-10H,1-2H3,(H,22,24). The summed E-state index contributed by atoms with van der Waals surface area (Å²) < 4.78 is 15.2. The molecule has 3 aromatic rings. The Bertz CT molecular complexity index is 920. The topological polar surface area (TPSA) is 46.9 Å². The second-order valence-electron chi connectivity index (χ2n) is 5.45. The predicted octanol–water partition coefficient (Wildman–Crippen LogP) is 4.53. The van der Waals surface area contributed by atoms with Crippen molar-refractivity contribution in [3.05, 3.63) is 76.3 Å². The summed E-state index contributed by atoms with van der Waals surface area (Å²) in [5, 5.41) is 7.52. The van der Waals surface area contributed by atoms with Crippen LogP contribution in [0.25, 0.3) is 5.69 Å². The maximum absolute atomic E-state index is 13.6. The summed E-state index contributed by atoms with van der Waals surface area (Å²) in [5.74, 6) is -0.705. The lowest BCUT2D eigenvalue weighted by Crippen LogP contribution is -2.13. The molecule has 0 atom stereocenters. The Morgan fingerprint density at radius 3 is 2.71 bits per heavy atom. The van der Waals surface area contributed by atoms with Gasteiger partial charge in [-0.25, -0.2) is 9.07 Å². The summed E-state index contributed by atoms with van der Waals surface area (Å²) >= 11 is 6.00. The second-order valence-corrected chi connectivity index (χ2v) is 5.89. The van der Waals surface area contributed by atoms with E-state index in [1.54, 1.807) is 42.8 Å². The number of carbonyl (C=O) groups is 1. The lowest BCUT2D eigenvalue weighted by Gasteiger charge is -2.07. The molecular formula is C18H15ClFN3O. The fraction of sp³-hybridized carbons (Fsp3) is 0.111. The Balaban J connectivity index is 1.87. The Hall–Kier alpha value is -2.66. The molecule has 1 amide bonds. The van der Waals surface area contributed by atoms with E-state index in [4.69, 9.17) is 11.6 Å². The number of nitrogens with one attached hydrogen (secondary N) is 1. The van der Waals surface area contributed by atoms with Crippen LogP contribution in [0.4, 0.5) is 10.1 Å². The van der Waals surface area contributed by atoms with Crippen molar-refractivity contribution in [3.63, 3.8) is 0 Å². The summed E-state index contributed by atoms with van der Waals surface area (Å²) in [6.45, 7) is 3.46. The number of anilines is 1. The number of aromatic nitrogens is 2. The minimum absolute atomic E-state index is 0.343. The van der Waals surface area contributed by atoms with Crippen LogP contribution >= 0.6 is 11.6 Å². The van der Waals surface area contributed by atoms with Gasteiger partial charge in [0.2, 0.25) is 0 Å². The number of rotatable bonds is 3. The van der Waals surface area contributed by atoms with Crippen LogP contribution in [0.5, 0.6) is 0 Å². The molecule has 0 fully saturated rings. The molecule has 1 N–H and O–H groups in total. The van der Waals surface area contributed by atoms with E-state index in [0.717, 1.165) is 5.69 Å². The SMILES string of the molecule is Cc1ccc(NC(=O)c2cnn(-c3cccc(Cl)c3)c2C)cc1F. The zero-order chi connectivity index (χ0) is 17.3. The third-order valence-corrected chi connectivity index (χ3v) is 3.97. The highest BCUT2D eigenvalue weighted by Crippen LogP contribution is 2.19. The minimum atomic E-state index is -0.362. The number of aryl methyl sites for hydroxylation is 1. The van der Waals surface area contributed by atoms with Crippen LogP contribution in [0.1, 0.15) is 21.6 Å². The van der Waals surface area contributed by atoms with Gasteiger partial charge >= 0.3 is 0 Å². The lowest BCUT2D eigenvalue weighted by molar-refractivity contribution is 0.102. The predicted molar refractivity (Wildman–Crippen MR) is 92.4 cm³/mol. The molecule has 0 saturated carbocycles. The summed E-state index contributed by atoms with van der Waals surface area (Å²) in [6, 6.07) is 11.8. The molecule has 122 valence electrons.